The fourth-order valence-electron chi connectivity index (χ4n) is 1.89. The van der Waals surface area contributed by atoms with Crippen molar-refractivity contribution in [1.29, 1.82) is 0 Å². The highest BCUT2D eigenvalue weighted by molar-refractivity contribution is 6.44. The smallest absolute Gasteiger partial charge is 0.254 e. The summed E-state index contributed by atoms with van der Waals surface area (Å²) in [5.41, 5.74) is -0.0358. The second kappa shape index (κ2) is 8.47. The lowest BCUT2D eigenvalue weighted by Gasteiger charge is -2.09. The molecule has 0 bridgehead atoms. The highest BCUT2D eigenvalue weighted by Gasteiger charge is 2.13. The molecule has 0 spiro atoms. The molecule has 0 radical (unpaired) electrons. The maximum atomic E-state index is 13.5. The zero-order chi connectivity index (χ0) is 18.6. The first-order valence-corrected chi connectivity index (χ1v) is 8.09. The minimum Gasteiger partial charge on any atom is -0.351 e. The fraction of sp³-hybridized carbons (Fsp3) is 0.125. The summed E-state index contributed by atoms with van der Waals surface area (Å²) < 4.78 is 26.3. The first kappa shape index (κ1) is 19.4. The molecule has 0 unspecified atom stereocenters. The molecule has 0 aliphatic heterocycles. The van der Waals surface area contributed by atoms with E-state index in [9.17, 15) is 18.4 Å². The van der Waals surface area contributed by atoms with E-state index in [0.29, 0.717) is 6.07 Å². The van der Waals surface area contributed by atoms with Gasteiger partial charge in [0.25, 0.3) is 5.91 Å². The van der Waals surface area contributed by atoms with Gasteiger partial charge < -0.3 is 10.6 Å². The Kier molecular flexibility index (Phi) is 6.58. The molecule has 0 aromatic heterocycles. The fourth-order valence-corrected chi connectivity index (χ4v) is 2.48. The number of carbonyl (C=O) groups excluding carboxylic acids is 2. The molecule has 0 aliphatic rings. The van der Waals surface area contributed by atoms with E-state index in [1.807, 2.05) is 0 Å². The van der Waals surface area contributed by atoms with Crippen molar-refractivity contribution in [2.24, 2.45) is 0 Å². The van der Waals surface area contributed by atoms with E-state index in [0.717, 1.165) is 12.1 Å². The van der Waals surface area contributed by atoms with Crippen molar-refractivity contribution in [3.63, 3.8) is 0 Å². The molecule has 9 heteroatoms. The third-order valence-corrected chi connectivity index (χ3v) is 4.13. The summed E-state index contributed by atoms with van der Waals surface area (Å²) in [7, 11) is 0. The molecule has 2 amide bonds. The predicted octanol–water partition coefficient (Wildman–Crippen LogP) is 4.68. The van der Waals surface area contributed by atoms with E-state index in [-0.39, 0.29) is 39.3 Å². The van der Waals surface area contributed by atoms with Gasteiger partial charge in [-0.2, -0.15) is 0 Å². The van der Waals surface area contributed by atoms with E-state index < -0.39 is 23.4 Å². The van der Waals surface area contributed by atoms with Crippen molar-refractivity contribution in [2.45, 2.75) is 6.42 Å². The molecule has 25 heavy (non-hydrogen) atoms. The van der Waals surface area contributed by atoms with Gasteiger partial charge in [0.05, 0.1) is 26.3 Å². The Morgan fingerprint density at radius 3 is 2.32 bits per heavy atom. The van der Waals surface area contributed by atoms with Gasteiger partial charge in [-0.05, 0) is 24.3 Å². The highest BCUT2D eigenvalue weighted by atomic mass is 35.5. The highest BCUT2D eigenvalue weighted by Crippen LogP contribution is 2.32. The SMILES string of the molecule is O=C(CCNC(=O)c1ccc(F)cc1F)Nc1cc(Cl)c(Cl)cc1Cl. The Labute approximate surface area is 157 Å². The topological polar surface area (TPSA) is 58.2 Å². The van der Waals surface area contributed by atoms with Crippen LogP contribution in [0.5, 0.6) is 0 Å². The lowest BCUT2D eigenvalue weighted by Crippen LogP contribution is -2.28. The Morgan fingerprint density at radius 1 is 0.960 bits per heavy atom. The second-order valence-corrected chi connectivity index (χ2v) is 6.15. The lowest BCUT2D eigenvalue weighted by atomic mass is 10.2. The summed E-state index contributed by atoms with van der Waals surface area (Å²) in [5.74, 6) is -2.96. The molecule has 0 fully saturated rings. The first-order chi connectivity index (χ1) is 11.8. The molecule has 0 heterocycles. The summed E-state index contributed by atoms with van der Waals surface area (Å²) >= 11 is 17.6. The average Bonchev–Trinajstić information content (AvgIpc) is 2.52. The standard InChI is InChI=1S/C16H11Cl3F2N2O2/c17-10-6-12(19)14(7-11(10)18)23-15(24)3-4-22-16(25)9-2-1-8(20)5-13(9)21/h1-2,5-7H,3-4H2,(H,22,25)(H,23,24). The van der Waals surface area contributed by atoms with Gasteiger partial charge in [0.15, 0.2) is 0 Å². The molecular weight excluding hydrogens is 397 g/mol. The van der Waals surface area contributed by atoms with Crippen LogP contribution in [0, 0.1) is 11.6 Å². The van der Waals surface area contributed by atoms with E-state index in [1.165, 1.54) is 12.1 Å². The second-order valence-electron chi connectivity index (χ2n) is 4.92. The van der Waals surface area contributed by atoms with Crippen molar-refractivity contribution < 1.29 is 18.4 Å². The minimum absolute atomic E-state index is 0.0551. The van der Waals surface area contributed by atoms with Crippen molar-refractivity contribution in [3.8, 4) is 0 Å². The molecule has 2 N–H and O–H groups in total. The van der Waals surface area contributed by atoms with Crippen molar-refractivity contribution in [2.75, 3.05) is 11.9 Å². The van der Waals surface area contributed by atoms with Crippen LogP contribution in [-0.4, -0.2) is 18.4 Å². The normalized spacial score (nSPS) is 10.4. The van der Waals surface area contributed by atoms with Crippen LogP contribution in [0.1, 0.15) is 16.8 Å². The van der Waals surface area contributed by atoms with E-state index in [4.69, 9.17) is 34.8 Å². The third-order valence-electron chi connectivity index (χ3n) is 3.10. The molecular formula is C16H11Cl3F2N2O2. The van der Waals surface area contributed by atoms with Crippen molar-refractivity contribution in [1.82, 2.24) is 5.32 Å². The summed E-state index contributed by atoms with van der Waals surface area (Å²) in [6.45, 7) is -0.0551. The molecule has 2 aromatic carbocycles. The van der Waals surface area contributed by atoms with Crippen LogP contribution in [0.15, 0.2) is 30.3 Å². The lowest BCUT2D eigenvalue weighted by molar-refractivity contribution is -0.116. The largest absolute Gasteiger partial charge is 0.351 e. The Bertz CT molecular complexity index is 831. The van der Waals surface area contributed by atoms with Crippen LogP contribution in [-0.2, 0) is 4.79 Å². The summed E-state index contributed by atoms with van der Waals surface area (Å²) in [6.07, 6.45) is -0.0921. The number of amides is 2. The third kappa shape index (κ3) is 5.29. The first-order valence-electron chi connectivity index (χ1n) is 6.95. The summed E-state index contributed by atoms with van der Waals surface area (Å²) in [6, 6.07) is 5.39. The molecule has 0 saturated carbocycles. The molecule has 0 saturated heterocycles. The number of hydrogen-bond donors (Lipinski definition) is 2. The van der Waals surface area contributed by atoms with Crippen LogP contribution in [0.3, 0.4) is 0 Å². The van der Waals surface area contributed by atoms with E-state index in [2.05, 4.69) is 10.6 Å². The van der Waals surface area contributed by atoms with Crippen molar-refractivity contribution >= 4 is 52.3 Å². The van der Waals surface area contributed by atoms with E-state index >= 15 is 0 Å². The summed E-state index contributed by atoms with van der Waals surface area (Å²) in [4.78, 5) is 23.7. The molecule has 2 rings (SSSR count). The monoisotopic (exact) mass is 406 g/mol. The minimum atomic E-state index is -0.982. The van der Waals surface area contributed by atoms with Gasteiger partial charge in [-0.25, -0.2) is 8.78 Å². The zero-order valence-electron chi connectivity index (χ0n) is 12.5. The number of anilines is 1. The predicted molar refractivity (Wildman–Crippen MR) is 93.4 cm³/mol. The number of nitrogens with one attached hydrogen (secondary N) is 2. The van der Waals surface area contributed by atoms with E-state index in [1.54, 1.807) is 0 Å². The number of carbonyl (C=O) groups is 2. The number of hydrogen-bond acceptors (Lipinski definition) is 2. The van der Waals surface area contributed by atoms with Gasteiger partial charge >= 0.3 is 0 Å². The molecule has 0 aliphatic carbocycles. The zero-order valence-corrected chi connectivity index (χ0v) is 14.8. The Balaban J connectivity index is 1.88. The molecule has 2 aromatic rings. The molecule has 4 nitrogen and oxygen atoms in total. The van der Waals surface area contributed by atoms with Gasteiger partial charge in [-0.3, -0.25) is 9.59 Å². The molecule has 0 atom stereocenters. The maximum Gasteiger partial charge on any atom is 0.254 e. The number of rotatable bonds is 5. The number of benzene rings is 2. The Hall–Kier alpha value is -1.89. The summed E-state index contributed by atoms with van der Waals surface area (Å²) in [5, 5.41) is 5.57. The number of halogens is 5. The Morgan fingerprint density at radius 2 is 1.64 bits per heavy atom. The maximum absolute atomic E-state index is 13.5. The average molecular weight is 408 g/mol. The van der Waals surface area contributed by atoms with Gasteiger partial charge in [-0.1, -0.05) is 34.8 Å². The molecule has 132 valence electrons. The van der Waals surface area contributed by atoms with Crippen LogP contribution in [0.2, 0.25) is 15.1 Å². The van der Waals surface area contributed by atoms with Crippen LogP contribution >= 0.6 is 34.8 Å². The van der Waals surface area contributed by atoms with Gasteiger partial charge in [0.2, 0.25) is 5.91 Å². The van der Waals surface area contributed by atoms with Crippen LogP contribution < -0.4 is 10.6 Å². The van der Waals surface area contributed by atoms with Gasteiger partial charge in [0, 0.05) is 19.0 Å². The van der Waals surface area contributed by atoms with Crippen molar-refractivity contribution in [3.05, 3.63) is 62.6 Å². The van der Waals surface area contributed by atoms with Gasteiger partial charge in [-0.15, -0.1) is 0 Å². The quantitative estimate of drug-likeness (QED) is 0.707. The van der Waals surface area contributed by atoms with Crippen LogP contribution in [0.25, 0.3) is 0 Å². The van der Waals surface area contributed by atoms with Gasteiger partial charge in [0.1, 0.15) is 11.6 Å². The van der Waals surface area contributed by atoms with Crippen LogP contribution in [0.4, 0.5) is 14.5 Å².